The quantitative estimate of drug-likeness (QED) is 0.0282. The van der Waals surface area contributed by atoms with Gasteiger partial charge in [0.2, 0.25) is 10.4 Å². The Morgan fingerprint density at radius 2 is 1.41 bits per heavy atom. The van der Waals surface area contributed by atoms with Crippen molar-refractivity contribution in [3.05, 3.63) is 82.6 Å². The molecular formula is C30H22N4O16S4-6. The van der Waals surface area contributed by atoms with Crippen LogP contribution < -0.4 is 47.3 Å². The van der Waals surface area contributed by atoms with Gasteiger partial charge in [-0.1, -0.05) is 53.6 Å². The lowest BCUT2D eigenvalue weighted by Crippen LogP contribution is -2.55. The van der Waals surface area contributed by atoms with Crippen molar-refractivity contribution in [1.82, 2.24) is 0 Å². The maximum atomic E-state index is 14.1. The summed E-state index contributed by atoms with van der Waals surface area (Å²) in [6.07, 6.45) is -1.55. The Kier molecular flexibility index (Phi) is 11.4. The van der Waals surface area contributed by atoms with E-state index in [0.717, 1.165) is 0 Å². The number of nitrogens with zero attached hydrogens (tertiary/aromatic N) is 1. The molecule has 2 atom stereocenters. The zero-order valence-electron chi connectivity index (χ0n) is 26.8. The van der Waals surface area contributed by atoms with Gasteiger partial charge in [0.15, 0.2) is 36.0 Å². The number of nitrogens with one attached hydrogen (secondary N) is 3. The molecule has 20 nitrogen and oxygen atoms in total. The van der Waals surface area contributed by atoms with Crippen molar-refractivity contribution in [3.63, 3.8) is 0 Å². The van der Waals surface area contributed by atoms with Crippen molar-refractivity contribution in [2.24, 2.45) is 4.99 Å². The van der Waals surface area contributed by atoms with Crippen molar-refractivity contribution in [2.75, 3.05) is 42.4 Å². The Bertz CT molecular complexity index is 2330. The average Bonchev–Trinajstić information content (AvgIpc) is 3.15. The summed E-state index contributed by atoms with van der Waals surface area (Å²) >= 11 is 0.307. The van der Waals surface area contributed by atoms with Gasteiger partial charge in [-0.15, -0.1) is 26.8 Å². The molecule has 2 aliphatic heterocycles. The van der Waals surface area contributed by atoms with Crippen molar-refractivity contribution >= 4 is 97.1 Å². The molecule has 2 unspecified atom stereocenters. The minimum absolute atomic E-state index is 0.0194. The number of anilines is 3. The van der Waals surface area contributed by atoms with E-state index in [1.165, 1.54) is 6.07 Å². The van der Waals surface area contributed by atoms with Crippen LogP contribution in [0.3, 0.4) is 0 Å². The molecule has 0 fully saturated rings. The molecule has 4 aromatic carbocycles. The van der Waals surface area contributed by atoms with Crippen LogP contribution in [0.4, 0.5) is 17.1 Å². The van der Waals surface area contributed by atoms with E-state index in [2.05, 4.69) is 43.9 Å². The van der Waals surface area contributed by atoms with Crippen molar-refractivity contribution < 1.29 is 73.7 Å². The Morgan fingerprint density at radius 3 is 2.04 bits per heavy atom. The number of hydrogen-bond donors (Lipinski definition) is 3. The first-order chi connectivity index (χ1) is 26.0. The van der Waals surface area contributed by atoms with Crippen LogP contribution in [0.25, 0.3) is 32.7 Å². The fraction of sp³-hybridized carbons (Fsp3) is 0.233. The van der Waals surface area contributed by atoms with Gasteiger partial charge in [0.1, 0.15) is 26.4 Å². The molecule has 0 aromatic heterocycles. The maximum Gasteiger partial charge on any atom is 0.217 e. The summed E-state index contributed by atoms with van der Waals surface area (Å²) in [6, 6.07) is 16.6. The van der Waals surface area contributed by atoms with E-state index in [4.69, 9.17) is 12.5 Å². The van der Waals surface area contributed by atoms with Crippen molar-refractivity contribution in [1.29, 1.82) is 0 Å². The van der Waals surface area contributed by atoms with Crippen LogP contribution in [0.1, 0.15) is 5.56 Å². The third-order valence-electron chi connectivity index (χ3n) is 8.71. The topological polar surface area (TPSA) is 295 Å². The van der Waals surface area contributed by atoms with Gasteiger partial charge >= 0.3 is 0 Å². The normalized spacial score (nSPS) is 20.9. The van der Waals surface area contributed by atoms with Crippen LogP contribution in [-0.2, 0) is 45.9 Å². The second-order valence-electron chi connectivity index (χ2n) is 11.8. The summed E-state index contributed by atoms with van der Waals surface area (Å²) in [5, 5.41) is 67.4. The van der Waals surface area contributed by atoms with Gasteiger partial charge in [-0.2, -0.15) is 0 Å². The van der Waals surface area contributed by atoms with E-state index in [1.807, 2.05) is 0 Å². The average molecular weight is 823 g/mol. The lowest BCUT2D eigenvalue weighted by molar-refractivity contribution is -0.777. The molecular weight excluding hydrogens is 801 g/mol. The lowest BCUT2D eigenvalue weighted by Gasteiger charge is -2.47. The molecule has 2 heterocycles. The fourth-order valence-electron chi connectivity index (χ4n) is 6.67. The standard InChI is InChI=1S/C30H27N4O16S4/c35-27-25(17-7-9-21-23-15(17)3-1-5-19(23)31-29(33-21,12-44-52-49-47-37)13-45-53-50-48-38)28(36)26(27)18-8-10-22-24-16(18)4-2-6-20(24)32-30(34-22,11-43-51-39)14-46-54(40,41)42/h1-10,27,31-33,36-39H,11-14H2,(H,40,41,42)/q-1/p-5/b26-18+. The molecule has 24 heteroatoms. The second kappa shape index (κ2) is 15.9. The third-order valence-corrected chi connectivity index (χ3v) is 9.98. The molecule has 0 spiro atoms. The van der Waals surface area contributed by atoms with Gasteiger partial charge < -0.3 is 50.0 Å². The molecule has 0 amide bonds. The van der Waals surface area contributed by atoms with Crippen LogP contribution in [0.2, 0.25) is 0 Å². The van der Waals surface area contributed by atoms with Crippen molar-refractivity contribution in [2.45, 2.75) is 17.4 Å². The Balaban J connectivity index is 1.27. The highest BCUT2D eigenvalue weighted by molar-refractivity contribution is 7.90. The minimum Gasteiger partial charge on any atom is -0.872 e. The summed E-state index contributed by atoms with van der Waals surface area (Å²) in [4.78, 5) is 4.53. The molecule has 0 saturated heterocycles. The zero-order chi connectivity index (χ0) is 38.1. The van der Waals surface area contributed by atoms with Crippen LogP contribution >= 0.6 is 37.0 Å². The van der Waals surface area contributed by atoms with Crippen molar-refractivity contribution in [3.8, 4) is 0 Å². The summed E-state index contributed by atoms with van der Waals surface area (Å²) in [5.74, 6) is -0.468. The highest BCUT2D eigenvalue weighted by Crippen LogP contribution is 2.46. The van der Waals surface area contributed by atoms with Crippen LogP contribution in [0.15, 0.2) is 71.4 Å². The predicted octanol–water partition coefficient (Wildman–Crippen LogP) is -1.19. The van der Waals surface area contributed by atoms with E-state index in [-0.39, 0.29) is 61.3 Å². The monoisotopic (exact) mass is 822 g/mol. The first-order valence-electron chi connectivity index (χ1n) is 15.2. The van der Waals surface area contributed by atoms with Gasteiger partial charge in [-0.3, -0.25) is 27.6 Å². The van der Waals surface area contributed by atoms with Crippen LogP contribution in [0.5, 0.6) is 0 Å². The van der Waals surface area contributed by atoms with Gasteiger partial charge in [0.05, 0.1) is 5.36 Å². The van der Waals surface area contributed by atoms with E-state index in [0.29, 0.717) is 54.7 Å². The first kappa shape index (κ1) is 38.8. The molecule has 54 heavy (non-hydrogen) atoms. The molecule has 3 N–H and O–H groups in total. The van der Waals surface area contributed by atoms with Crippen LogP contribution in [0, 0.1) is 0 Å². The van der Waals surface area contributed by atoms with Gasteiger partial charge in [-0.25, -0.2) is 8.42 Å². The Morgan fingerprint density at radius 1 is 0.759 bits per heavy atom. The van der Waals surface area contributed by atoms with Crippen LogP contribution in [-0.4, -0.2) is 61.4 Å². The van der Waals surface area contributed by atoms with Gasteiger partial charge in [0.25, 0.3) is 0 Å². The smallest absolute Gasteiger partial charge is 0.217 e. The SMILES string of the molecule is O=S(=O)([O-])OCC1(COS[O-])N=c2cc/c(=C3\C([O-])=C(c4ccc5c6c(cccc46)NC(COSOO[O-])(COSOO[O-])N5)C3[O-])c3cccc(c23)N1. The molecule has 1 aliphatic carbocycles. The fourth-order valence-corrected chi connectivity index (χ4v) is 7.87. The summed E-state index contributed by atoms with van der Waals surface area (Å²) in [7, 11) is -5.12. The van der Waals surface area contributed by atoms with E-state index < -0.39 is 46.8 Å². The number of hydrogen-bond acceptors (Lipinski definition) is 23. The Labute approximate surface area is 317 Å². The van der Waals surface area contributed by atoms with Gasteiger partial charge in [0, 0.05) is 27.8 Å². The summed E-state index contributed by atoms with van der Waals surface area (Å²) in [5.41, 5.74) is -0.923. The number of benzene rings is 4. The first-order valence-corrected chi connectivity index (χ1v) is 18.5. The predicted molar refractivity (Wildman–Crippen MR) is 181 cm³/mol. The molecule has 7 rings (SSSR count). The molecule has 4 aromatic rings. The summed E-state index contributed by atoms with van der Waals surface area (Å²) in [6.45, 7) is -1.65. The molecule has 0 saturated carbocycles. The lowest BCUT2D eigenvalue weighted by atomic mass is 9.78. The minimum atomic E-state index is -5.12. The molecule has 288 valence electrons. The molecule has 0 bridgehead atoms. The molecule has 3 aliphatic rings. The maximum absolute atomic E-state index is 14.1. The largest absolute Gasteiger partial charge is 0.872 e. The third kappa shape index (κ3) is 7.53. The highest BCUT2D eigenvalue weighted by Gasteiger charge is 2.38. The van der Waals surface area contributed by atoms with E-state index >= 15 is 0 Å². The highest BCUT2D eigenvalue weighted by atomic mass is 32.3. The van der Waals surface area contributed by atoms with E-state index in [1.54, 1.807) is 54.6 Å². The summed E-state index contributed by atoms with van der Waals surface area (Å²) < 4.78 is 73.2. The number of rotatable bonds is 17. The second-order valence-corrected chi connectivity index (χ2v) is 14.3. The van der Waals surface area contributed by atoms with E-state index in [9.17, 15) is 38.3 Å². The Hall–Kier alpha value is -3.51. The molecule has 0 radical (unpaired) electrons. The van der Waals surface area contributed by atoms with Gasteiger partial charge in [-0.05, 0) is 45.8 Å². The zero-order valence-corrected chi connectivity index (χ0v) is 30.1.